The van der Waals surface area contributed by atoms with E-state index in [9.17, 15) is 10.1 Å². The minimum Gasteiger partial charge on any atom is -0.369 e. The van der Waals surface area contributed by atoms with Crippen LogP contribution >= 0.6 is 0 Å². The van der Waals surface area contributed by atoms with Gasteiger partial charge in [-0.2, -0.15) is 5.26 Å². The number of anilines is 2. The molecule has 150 valence electrons. The lowest BCUT2D eigenvalue weighted by Crippen LogP contribution is -2.45. The molecule has 1 heterocycles. The summed E-state index contributed by atoms with van der Waals surface area (Å²) >= 11 is 0. The predicted molar refractivity (Wildman–Crippen MR) is 120 cm³/mol. The van der Waals surface area contributed by atoms with Crippen molar-refractivity contribution in [2.75, 3.05) is 17.3 Å². The third kappa shape index (κ3) is 4.19. The van der Waals surface area contributed by atoms with Crippen molar-refractivity contribution in [3.63, 3.8) is 0 Å². The molecule has 1 aliphatic rings. The van der Waals surface area contributed by atoms with E-state index in [2.05, 4.69) is 50.2 Å². The smallest absolute Gasteiger partial charge is 0.266 e. The zero-order valence-corrected chi connectivity index (χ0v) is 18.1. The third-order valence-electron chi connectivity index (χ3n) is 6.10. The molecule has 0 aromatic heterocycles. The van der Waals surface area contributed by atoms with E-state index in [1.807, 2.05) is 44.2 Å². The number of hydrogen-bond acceptors (Lipinski definition) is 3. The standard InChI is InChI=1S/C25H29N3O/c1-16-7-9-21(11-17(16)2)27-24(29)20(15-26)12-19-8-10-23-22(13-19)18(3)14-25(4,5)28(23)6/h7-13,18H,14H2,1-6H3,(H,27,29)/b20-12-/t18-/m0/s1. The van der Waals surface area contributed by atoms with Crippen LogP contribution in [0.25, 0.3) is 6.08 Å². The highest BCUT2D eigenvalue weighted by atomic mass is 16.1. The molecule has 0 bridgehead atoms. The van der Waals surface area contributed by atoms with Crippen LogP contribution in [0.1, 0.15) is 55.4 Å². The van der Waals surface area contributed by atoms with Crippen molar-refractivity contribution < 1.29 is 4.79 Å². The molecule has 1 amide bonds. The Balaban J connectivity index is 1.88. The van der Waals surface area contributed by atoms with Gasteiger partial charge >= 0.3 is 0 Å². The van der Waals surface area contributed by atoms with Gasteiger partial charge in [-0.3, -0.25) is 4.79 Å². The molecular weight excluding hydrogens is 358 g/mol. The highest BCUT2D eigenvalue weighted by molar-refractivity contribution is 6.09. The van der Waals surface area contributed by atoms with Crippen LogP contribution in [-0.2, 0) is 4.79 Å². The first-order valence-corrected chi connectivity index (χ1v) is 10.0. The van der Waals surface area contributed by atoms with E-state index in [1.165, 1.54) is 11.3 Å². The summed E-state index contributed by atoms with van der Waals surface area (Å²) in [6, 6.07) is 14.0. The van der Waals surface area contributed by atoms with E-state index in [-0.39, 0.29) is 17.0 Å². The van der Waals surface area contributed by atoms with Gasteiger partial charge in [0.2, 0.25) is 0 Å². The second-order valence-corrected chi connectivity index (χ2v) is 8.72. The highest BCUT2D eigenvalue weighted by Gasteiger charge is 2.33. The number of nitriles is 1. The quantitative estimate of drug-likeness (QED) is 0.553. The van der Waals surface area contributed by atoms with Gasteiger partial charge in [-0.1, -0.05) is 19.1 Å². The Hall–Kier alpha value is -3.06. The summed E-state index contributed by atoms with van der Waals surface area (Å²) in [7, 11) is 2.12. The Labute approximate surface area is 173 Å². The molecule has 0 fully saturated rings. The van der Waals surface area contributed by atoms with E-state index in [4.69, 9.17) is 0 Å². The number of hydrogen-bond donors (Lipinski definition) is 1. The number of aryl methyl sites for hydroxylation is 2. The molecule has 0 unspecified atom stereocenters. The fourth-order valence-electron chi connectivity index (χ4n) is 4.02. The lowest BCUT2D eigenvalue weighted by molar-refractivity contribution is -0.112. The Morgan fingerprint density at radius 3 is 2.59 bits per heavy atom. The van der Waals surface area contributed by atoms with E-state index in [1.54, 1.807) is 6.08 Å². The molecule has 4 heteroatoms. The highest BCUT2D eigenvalue weighted by Crippen LogP contribution is 2.42. The van der Waals surface area contributed by atoms with Crippen molar-refractivity contribution in [3.8, 4) is 6.07 Å². The maximum absolute atomic E-state index is 12.6. The van der Waals surface area contributed by atoms with Gasteiger partial charge in [-0.25, -0.2) is 0 Å². The van der Waals surface area contributed by atoms with Gasteiger partial charge in [-0.05, 0) is 92.6 Å². The Kier molecular flexibility index (Phi) is 5.53. The fourth-order valence-corrected chi connectivity index (χ4v) is 4.02. The molecule has 0 saturated carbocycles. The SMILES string of the molecule is Cc1ccc(NC(=O)/C(C#N)=C\c2ccc3c(c2)[C@@H](C)CC(C)(C)N3C)cc1C. The van der Waals surface area contributed by atoms with Gasteiger partial charge in [-0.15, -0.1) is 0 Å². The number of nitrogens with one attached hydrogen (secondary N) is 1. The molecule has 3 rings (SSSR count). The normalized spacial score (nSPS) is 18.0. The zero-order chi connectivity index (χ0) is 21.3. The molecule has 0 aliphatic carbocycles. The predicted octanol–water partition coefficient (Wildman–Crippen LogP) is 5.57. The van der Waals surface area contributed by atoms with Crippen molar-refractivity contribution >= 4 is 23.4 Å². The third-order valence-corrected chi connectivity index (χ3v) is 6.10. The maximum atomic E-state index is 12.6. The molecule has 4 nitrogen and oxygen atoms in total. The van der Waals surface area contributed by atoms with Crippen LogP contribution in [0.15, 0.2) is 42.0 Å². The van der Waals surface area contributed by atoms with E-state index >= 15 is 0 Å². The largest absolute Gasteiger partial charge is 0.369 e. The number of rotatable bonds is 3. The lowest BCUT2D eigenvalue weighted by Gasteiger charge is -2.45. The van der Waals surface area contributed by atoms with Crippen LogP contribution in [-0.4, -0.2) is 18.5 Å². The minimum atomic E-state index is -0.389. The zero-order valence-electron chi connectivity index (χ0n) is 18.1. The van der Waals surface area contributed by atoms with Crippen LogP contribution in [0, 0.1) is 25.2 Å². The Morgan fingerprint density at radius 2 is 1.93 bits per heavy atom. The summed E-state index contributed by atoms with van der Waals surface area (Å²) in [4.78, 5) is 14.9. The Morgan fingerprint density at radius 1 is 1.21 bits per heavy atom. The van der Waals surface area contributed by atoms with E-state index in [0.717, 1.165) is 23.1 Å². The second kappa shape index (κ2) is 7.75. The second-order valence-electron chi connectivity index (χ2n) is 8.72. The van der Waals surface area contributed by atoms with Gasteiger partial charge in [0, 0.05) is 24.0 Å². The summed E-state index contributed by atoms with van der Waals surface area (Å²) in [5, 5.41) is 12.4. The summed E-state index contributed by atoms with van der Waals surface area (Å²) < 4.78 is 0. The fraction of sp³-hybridized carbons (Fsp3) is 0.360. The molecule has 1 atom stereocenters. The molecule has 0 spiro atoms. The van der Waals surface area contributed by atoms with Gasteiger partial charge in [0.25, 0.3) is 5.91 Å². The van der Waals surface area contributed by atoms with Crippen molar-refractivity contribution in [1.82, 2.24) is 0 Å². The Bertz CT molecular complexity index is 1030. The number of carbonyl (C=O) groups excluding carboxylic acids is 1. The van der Waals surface area contributed by atoms with Crippen molar-refractivity contribution in [1.29, 1.82) is 5.26 Å². The number of carbonyl (C=O) groups is 1. The van der Waals surface area contributed by atoms with Gasteiger partial charge in [0.05, 0.1) is 0 Å². The van der Waals surface area contributed by atoms with Crippen LogP contribution in [0.2, 0.25) is 0 Å². The molecule has 29 heavy (non-hydrogen) atoms. The maximum Gasteiger partial charge on any atom is 0.266 e. The number of amides is 1. The van der Waals surface area contributed by atoms with Crippen LogP contribution < -0.4 is 10.2 Å². The van der Waals surface area contributed by atoms with Crippen molar-refractivity contribution in [2.45, 2.75) is 52.5 Å². The van der Waals surface area contributed by atoms with E-state index < -0.39 is 0 Å². The van der Waals surface area contributed by atoms with Gasteiger partial charge in [0.15, 0.2) is 0 Å². The molecular formula is C25H29N3O. The molecule has 1 aliphatic heterocycles. The molecule has 0 radical (unpaired) electrons. The first kappa shape index (κ1) is 20.7. The minimum absolute atomic E-state index is 0.0975. The molecule has 1 N–H and O–H groups in total. The number of fused-ring (bicyclic) bond motifs is 1. The monoisotopic (exact) mass is 387 g/mol. The number of benzene rings is 2. The van der Waals surface area contributed by atoms with Crippen LogP contribution in [0.3, 0.4) is 0 Å². The van der Waals surface area contributed by atoms with Crippen LogP contribution in [0.5, 0.6) is 0 Å². The average Bonchev–Trinajstić information content (AvgIpc) is 2.67. The molecule has 2 aromatic carbocycles. The van der Waals surface area contributed by atoms with Gasteiger partial charge < -0.3 is 10.2 Å². The van der Waals surface area contributed by atoms with Gasteiger partial charge in [0.1, 0.15) is 11.6 Å². The first-order chi connectivity index (χ1) is 13.6. The summed E-state index contributed by atoms with van der Waals surface area (Å²) in [5.41, 5.74) is 6.50. The number of nitrogens with zero attached hydrogens (tertiary/aromatic N) is 2. The summed E-state index contributed by atoms with van der Waals surface area (Å²) in [6.45, 7) is 10.8. The van der Waals surface area contributed by atoms with Crippen molar-refractivity contribution in [3.05, 3.63) is 64.2 Å². The summed E-state index contributed by atoms with van der Waals surface area (Å²) in [5.74, 6) is 0.0271. The topological polar surface area (TPSA) is 56.1 Å². The molecule has 2 aromatic rings. The summed E-state index contributed by atoms with van der Waals surface area (Å²) in [6.07, 6.45) is 2.73. The average molecular weight is 388 g/mol. The van der Waals surface area contributed by atoms with Crippen molar-refractivity contribution in [2.24, 2.45) is 0 Å². The molecule has 0 saturated heterocycles. The van der Waals surface area contributed by atoms with Crippen LogP contribution in [0.4, 0.5) is 11.4 Å². The lowest BCUT2D eigenvalue weighted by atomic mass is 9.80. The van der Waals surface area contributed by atoms with E-state index in [0.29, 0.717) is 11.6 Å². The first-order valence-electron chi connectivity index (χ1n) is 10.0.